The van der Waals surface area contributed by atoms with Gasteiger partial charge in [-0.1, -0.05) is 34.8 Å². The predicted molar refractivity (Wildman–Crippen MR) is 49.9 cm³/mol. The smallest absolute Gasteiger partial charge is 0.123 e. The lowest BCUT2D eigenvalue weighted by atomic mass is 10.2. The first-order valence-electron chi connectivity index (χ1n) is 2.69. The van der Waals surface area contributed by atoms with E-state index in [-0.39, 0.29) is 5.38 Å². The van der Waals surface area contributed by atoms with Gasteiger partial charge in [-0.05, 0) is 13.3 Å². The molecule has 10 heavy (non-hydrogen) atoms. The highest BCUT2D eigenvalue weighted by molar-refractivity contribution is 6.70. The van der Waals surface area contributed by atoms with E-state index < -0.39 is 9.17 Å². The fraction of sp³-hybridized carbons (Fsp3) is 1.00. The molecule has 0 aliphatic rings. The topological polar surface area (TPSA) is 0 Å². The normalized spacial score (nSPS) is 18.6. The van der Waals surface area contributed by atoms with Crippen LogP contribution in [0.4, 0.5) is 0 Å². The Morgan fingerprint density at radius 2 is 1.60 bits per heavy atom. The van der Waals surface area contributed by atoms with Gasteiger partial charge in [0, 0.05) is 5.38 Å². The molecule has 0 aromatic rings. The van der Waals surface area contributed by atoms with Crippen LogP contribution in [0.2, 0.25) is 0 Å². The van der Waals surface area contributed by atoms with Crippen molar-refractivity contribution in [3.63, 3.8) is 0 Å². The number of hydrogen-bond acceptors (Lipinski definition) is 0. The summed E-state index contributed by atoms with van der Waals surface area (Å²) in [6.07, 6.45) is 0.486. The van der Waals surface area contributed by atoms with Crippen LogP contribution >= 0.6 is 58.0 Å². The van der Waals surface area contributed by atoms with Crippen molar-refractivity contribution in [1.82, 2.24) is 0 Å². The number of alkyl halides is 5. The molecule has 0 heterocycles. The fourth-order valence-corrected chi connectivity index (χ4v) is 1.22. The van der Waals surface area contributed by atoms with Crippen molar-refractivity contribution in [3.8, 4) is 0 Å². The van der Waals surface area contributed by atoms with Crippen LogP contribution in [-0.2, 0) is 0 Å². The maximum atomic E-state index is 5.67. The third-order valence-corrected chi connectivity index (χ3v) is 2.70. The van der Waals surface area contributed by atoms with Crippen LogP contribution in [0.1, 0.15) is 13.3 Å². The van der Waals surface area contributed by atoms with Crippen LogP contribution in [-0.4, -0.2) is 14.5 Å². The van der Waals surface area contributed by atoms with Crippen LogP contribution in [0.15, 0.2) is 0 Å². The SMILES string of the molecule is CC(Cl)CC(Cl)C(Cl)(Cl)Cl. The standard InChI is InChI=1S/C5H7Cl5/c1-3(6)2-4(7)5(8,9)10/h3-4H,2H2,1H3. The maximum absolute atomic E-state index is 5.67. The molecule has 0 saturated carbocycles. The summed E-state index contributed by atoms with van der Waals surface area (Å²) in [5, 5.41) is -0.594. The molecular formula is C5H7Cl5. The molecule has 5 heteroatoms. The molecule has 0 radical (unpaired) electrons. The summed E-state index contributed by atoms with van der Waals surface area (Å²) in [6.45, 7) is 1.80. The van der Waals surface area contributed by atoms with Crippen LogP contribution in [0.3, 0.4) is 0 Å². The Labute approximate surface area is 85.7 Å². The molecule has 0 aromatic carbocycles. The highest BCUT2D eigenvalue weighted by atomic mass is 35.6. The second-order valence-electron chi connectivity index (χ2n) is 2.03. The van der Waals surface area contributed by atoms with Gasteiger partial charge in [-0.3, -0.25) is 0 Å². The molecule has 0 N–H and O–H groups in total. The Morgan fingerprint density at radius 1 is 1.20 bits per heavy atom. The van der Waals surface area contributed by atoms with Crippen molar-refractivity contribution in [2.24, 2.45) is 0 Å². The third-order valence-electron chi connectivity index (χ3n) is 0.887. The van der Waals surface area contributed by atoms with Gasteiger partial charge in [0.15, 0.2) is 0 Å². The first-order valence-corrected chi connectivity index (χ1v) is 4.69. The number of halogens is 5. The van der Waals surface area contributed by atoms with E-state index in [0.717, 1.165) is 0 Å². The van der Waals surface area contributed by atoms with Crippen molar-refractivity contribution in [2.45, 2.75) is 27.9 Å². The van der Waals surface area contributed by atoms with E-state index in [4.69, 9.17) is 58.0 Å². The molecular weight excluding hydrogens is 237 g/mol. The van der Waals surface area contributed by atoms with Gasteiger partial charge in [0.1, 0.15) is 0 Å². The second kappa shape index (κ2) is 4.47. The zero-order valence-corrected chi connectivity index (χ0v) is 9.03. The molecule has 2 atom stereocenters. The molecule has 0 aliphatic carbocycles. The lowest BCUT2D eigenvalue weighted by molar-refractivity contribution is 0.749. The van der Waals surface area contributed by atoms with E-state index in [2.05, 4.69) is 0 Å². The van der Waals surface area contributed by atoms with E-state index in [1.165, 1.54) is 0 Å². The number of rotatable bonds is 2. The largest absolute Gasteiger partial charge is 0.206 e. The summed E-state index contributed by atoms with van der Waals surface area (Å²) in [7, 11) is 0. The molecule has 0 amide bonds. The van der Waals surface area contributed by atoms with Gasteiger partial charge in [0.25, 0.3) is 0 Å². The first-order chi connectivity index (χ1) is 4.34. The zero-order valence-electron chi connectivity index (χ0n) is 5.25. The minimum Gasteiger partial charge on any atom is -0.123 e. The van der Waals surface area contributed by atoms with Crippen molar-refractivity contribution < 1.29 is 0 Å². The Balaban J connectivity index is 3.73. The van der Waals surface area contributed by atoms with Gasteiger partial charge in [-0.25, -0.2) is 0 Å². The lowest BCUT2D eigenvalue weighted by Gasteiger charge is -2.18. The van der Waals surface area contributed by atoms with Gasteiger partial charge in [0.05, 0.1) is 5.38 Å². The average Bonchev–Trinajstić information content (AvgIpc) is 1.60. The average molecular weight is 244 g/mol. The summed E-state index contributed by atoms with van der Waals surface area (Å²) in [5.74, 6) is 0. The van der Waals surface area contributed by atoms with Crippen LogP contribution in [0.5, 0.6) is 0 Å². The van der Waals surface area contributed by atoms with Crippen LogP contribution in [0.25, 0.3) is 0 Å². The summed E-state index contributed by atoms with van der Waals surface area (Å²) in [4.78, 5) is 0. The van der Waals surface area contributed by atoms with Gasteiger partial charge in [-0.15, -0.1) is 23.2 Å². The summed E-state index contributed by atoms with van der Waals surface area (Å²) < 4.78 is -1.41. The highest BCUT2D eigenvalue weighted by Gasteiger charge is 2.31. The third kappa shape index (κ3) is 5.15. The summed E-state index contributed by atoms with van der Waals surface area (Å²) in [5.41, 5.74) is 0. The molecule has 2 unspecified atom stereocenters. The molecule has 0 aliphatic heterocycles. The summed E-state index contributed by atoms with van der Waals surface area (Å²) in [6, 6.07) is 0. The first kappa shape index (κ1) is 11.4. The van der Waals surface area contributed by atoms with Gasteiger partial charge >= 0.3 is 0 Å². The molecule has 0 aromatic heterocycles. The molecule has 0 fully saturated rings. The van der Waals surface area contributed by atoms with Crippen LogP contribution in [0, 0.1) is 0 Å². The quantitative estimate of drug-likeness (QED) is 0.644. The Bertz CT molecular complexity index is 94.7. The van der Waals surface area contributed by atoms with E-state index in [9.17, 15) is 0 Å². The van der Waals surface area contributed by atoms with Gasteiger partial charge in [-0.2, -0.15) is 0 Å². The van der Waals surface area contributed by atoms with Crippen molar-refractivity contribution >= 4 is 58.0 Å². The molecule has 0 rings (SSSR count). The molecule has 0 saturated heterocycles. The van der Waals surface area contributed by atoms with E-state index in [0.29, 0.717) is 6.42 Å². The lowest BCUT2D eigenvalue weighted by Crippen LogP contribution is -2.21. The van der Waals surface area contributed by atoms with Gasteiger partial charge in [0.2, 0.25) is 3.79 Å². The van der Waals surface area contributed by atoms with E-state index in [1.54, 1.807) is 6.92 Å². The minimum absolute atomic E-state index is 0.0712. The van der Waals surface area contributed by atoms with Crippen molar-refractivity contribution in [3.05, 3.63) is 0 Å². The summed E-state index contributed by atoms with van der Waals surface area (Å²) >= 11 is 27.7. The van der Waals surface area contributed by atoms with Crippen molar-refractivity contribution in [2.75, 3.05) is 0 Å². The second-order valence-corrected chi connectivity index (χ2v) is 5.67. The predicted octanol–water partition coefficient (Wildman–Crippen LogP) is 3.98. The molecule has 0 spiro atoms. The monoisotopic (exact) mass is 242 g/mol. The Kier molecular flexibility index (Phi) is 5.12. The fourth-order valence-electron chi connectivity index (χ4n) is 0.419. The molecule has 0 nitrogen and oxygen atoms in total. The minimum atomic E-state index is -1.41. The Hall–Kier alpha value is 1.45. The van der Waals surface area contributed by atoms with Crippen LogP contribution < -0.4 is 0 Å². The molecule has 0 bridgehead atoms. The zero-order chi connectivity index (χ0) is 8.36. The van der Waals surface area contributed by atoms with Gasteiger partial charge < -0.3 is 0 Å². The Morgan fingerprint density at radius 3 is 1.70 bits per heavy atom. The highest BCUT2D eigenvalue weighted by Crippen LogP contribution is 2.36. The number of hydrogen-bond donors (Lipinski definition) is 0. The maximum Gasteiger partial charge on any atom is 0.206 e. The van der Waals surface area contributed by atoms with E-state index >= 15 is 0 Å². The van der Waals surface area contributed by atoms with E-state index in [1.807, 2.05) is 0 Å². The van der Waals surface area contributed by atoms with Crippen molar-refractivity contribution in [1.29, 1.82) is 0 Å². The molecule has 62 valence electrons.